The molecule has 1 aromatic heterocycles. The summed E-state index contributed by atoms with van der Waals surface area (Å²) < 4.78 is 11.4. The van der Waals surface area contributed by atoms with Crippen LogP contribution in [0.1, 0.15) is 73.5 Å². The van der Waals surface area contributed by atoms with Gasteiger partial charge in [0, 0.05) is 36.3 Å². The van der Waals surface area contributed by atoms with Crippen molar-refractivity contribution in [2.24, 2.45) is 0 Å². The highest BCUT2D eigenvalue weighted by atomic mass is 16.5. The zero-order chi connectivity index (χ0) is 23.7. The third kappa shape index (κ3) is 6.36. The highest BCUT2D eigenvalue weighted by Crippen LogP contribution is 2.38. The Morgan fingerprint density at radius 1 is 1.09 bits per heavy atom. The van der Waals surface area contributed by atoms with Gasteiger partial charge in [0.2, 0.25) is 0 Å². The number of phenolic OH excluding ortho intramolecular Hbond substituents is 1. The Morgan fingerprint density at radius 2 is 1.81 bits per heavy atom. The number of aromatic hydroxyl groups is 2. The van der Waals surface area contributed by atoms with Crippen LogP contribution in [0.5, 0.6) is 17.2 Å². The zero-order valence-electron chi connectivity index (χ0n) is 19.4. The SMILES string of the molecule is CCOc1cc(O)c(Cc2ccc(O)c(C3CCCC(OCC)C3)n2)c(C)c1C.O=CO. The van der Waals surface area contributed by atoms with Gasteiger partial charge in [-0.25, -0.2) is 0 Å². The summed E-state index contributed by atoms with van der Waals surface area (Å²) in [7, 11) is 0. The second-order valence-corrected chi connectivity index (χ2v) is 7.99. The molecule has 1 aliphatic rings. The normalized spacial score (nSPS) is 17.9. The Labute approximate surface area is 190 Å². The maximum atomic E-state index is 10.6. The van der Waals surface area contributed by atoms with E-state index in [-0.39, 0.29) is 30.0 Å². The van der Waals surface area contributed by atoms with Crippen molar-refractivity contribution < 1.29 is 29.6 Å². The Morgan fingerprint density at radius 3 is 2.47 bits per heavy atom. The van der Waals surface area contributed by atoms with Crippen molar-refractivity contribution in [1.29, 1.82) is 0 Å². The monoisotopic (exact) mass is 445 g/mol. The second-order valence-electron chi connectivity index (χ2n) is 7.99. The molecule has 7 heteroatoms. The molecule has 0 aliphatic heterocycles. The first-order valence-electron chi connectivity index (χ1n) is 11.2. The van der Waals surface area contributed by atoms with Crippen molar-refractivity contribution in [3.05, 3.63) is 46.3 Å². The first kappa shape index (κ1) is 25.5. The predicted molar refractivity (Wildman–Crippen MR) is 123 cm³/mol. The number of hydrogen-bond donors (Lipinski definition) is 3. The van der Waals surface area contributed by atoms with E-state index in [4.69, 9.17) is 24.4 Å². The van der Waals surface area contributed by atoms with Crippen LogP contribution in [0, 0.1) is 13.8 Å². The van der Waals surface area contributed by atoms with Crippen molar-refractivity contribution in [2.45, 2.75) is 71.8 Å². The van der Waals surface area contributed by atoms with Crippen molar-refractivity contribution in [3.8, 4) is 17.2 Å². The Balaban J connectivity index is 0.00000114. The molecule has 0 bridgehead atoms. The molecular formula is C25H35NO6. The number of benzene rings is 1. The Hall–Kier alpha value is -2.80. The van der Waals surface area contributed by atoms with E-state index >= 15 is 0 Å². The summed E-state index contributed by atoms with van der Waals surface area (Å²) >= 11 is 0. The summed E-state index contributed by atoms with van der Waals surface area (Å²) in [5.74, 6) is 1.40. The Bertz CT molecular complexity index is 896. The van der Waals surface area contributed by atoms with Crippen LogP contribution in [-0.4, -0.2) is 46.1 Å². The Kier molecular flexibility index (Phi) is 9.78. The van der Waals surface area contributed by atoms with Crippen molar-refractivity contribution in [1.82, 2.24) is 4.98 Å². The molecule has 2 atom stereocenters. The first-order valence-corrected chi connectivity index (χ1v) is 11.2. The fraction of sp³-hybridized carbons (Fsp3) is 0.520. The fourth-order valence-corrected chi connectivity index (χ4v) is 4.32. The number of rotatable bonds is 7. The number of pyridine rings is 1. The number of hydrogen-bond acceptors (Lipinski definition) is 6. The summed E-state index contributed by atoms with van der Waals surface area (Å²) in [5.41, 5.74) is 4.50. The van der Waals surface area contributed by atoms with Crippen LogP contribution in [0.15, 0.2) is 18.2 Å². The lowest BCUT2D eigenvalue weighted by molar-refractivity contribution is -0.122. The van der Waals surface area contributed by atoms with Crippen LogP contribution >= 0.6 is 0 Å². The molecule has 1 aromatic carbocycles. The minimum absolute atomic E-state index is 0.206. The minimum Gasteiger partial charge on any atom is -0.508 e. The van der Waals surface area contributed by atoms with E-state index in [1.165, 1.54) is 0 Å². The van der Waals surface area contributed by atoms with Gasteiger partial charge in [-0.15, -0.1) is 0 Å². The third-order valence-corrected chi connectivity index (χ3v) is 5.99. The molecule has 0 spiro atoms. The van der Waals surface area contributed by atoms with Gasteiger partial charge in [-0.2, -0.15) is 0 Å². The number of nitrogens with zero attached hydrogens (tertiary/aromatic N) is 1. The maximum absolute atomic E-state index is 10.6. The number of carboxylic acid groups (broad SMARTS) is 1. The number of carbonyl (C=O) groups is 1. The lowest BCUT2D eigenvalue weighted by Crippen LogP contribution is -2.22. The third-order valence-electron chi connectivity index (χ3n) is 5.99. The van der Waals surface area contributed by atoms with Gasteiger partial charge in [0.05, 0.1) is 18.4 Å². The lowest BCUT2D eigenvalue weighted by Gasteiger charge is -2.29. The molecular weight excluding hydrogens is 410 g/mol. The zero-order valence-corrected chi connectivity index (χ0v) is 19.4. The highest BCUT2D eigenvalue weighted by Gasteiger charge is 2.27. The van der Waals surface area contributed by atoms with Gasteiger partial charge >= 0.3 is 0 Å². The van der Waals surface area contributed by atoms with Crippen LogP contribution < -0.4 is 4.74 Å². The molecule has 32 heavy (non-hydrogen) atoms. The van der Waals surface area contributed by atoms with Gasteiger partial charge in [0.25, 0.3) is 6.47 Å². The van der Waals surface area contributed by atoms with Gasteiger partial charge in [-0.1, -0.05) is 6.42 Å². The quantitative estimate of drug-likeness (QED) is 0.522. The molecule has 3 rings (SSSR count). The van der Waals surface area contributed by atoms with Crippen LogP contribution in [0.25, 0.3) is 0 Å². The van der Waals surface area contributed by atoms with Crippen LogP contribution in [-0.2, 0) is 16.0 Å². The average molecular weight is 446 g/mol. The molecule has 2 aromatic rings. The molecule has 1 saturated carbocycles. The number of aromatic nitrogens is 1. The lowest BCUT2D eigenvalue weighted by atomic mass is 9.84. The topological polar surface area (TPSA) is 109 Å². The maximum Gasteiger partial charge on any atom is 0.290 e. The average Bonchev–Trinajstić information content (AvgIpc) is 2.77. The summed E-state index contributed by atoms with van der Waals surface area (Å²) in [6, 6.07) is 5.26. The van der Waals surface area contributed by atoms with Crippen LogP contribution in [0.2, 0.25) is 0 Å². The first-order chi connectivity index (χ1) is 15.4. The van der Waals surface area contributed by atoms with E-state index < -0.39 is 0 Å². The number of ether oxygens (including phenoxy) is 2. The van der Waals surface area contributed by atoms with Crippen molar-refractivity contribution in [3.63, 3.8) is 0 Å². The van der Waals surface area contributed by atoms with Gasteiger partial charge in [0.15, 0.2) is 0 Å². The standard InChI is InChI=1S/C24H33NO4.CH2O2/c1-5-28-19-9-7-8-17(12-19)24-21(26)11-10-18(25-24)13-20-15(3)16(4)23(29-6-2)14-22(20)27;2-1-3/h10-11,14,17,19,26-27H,5-9,12-13H2,1-4H3;1H,(H,2,3). The predicted octanol–water partition coefficient (Wildman–Crippen LogP) is 4.86. The molecule has 176 valence electrons. The smallest absolute Gasteiger partial charge is 0.290 e. The molecule has 1 aliphatic carbocycles. The van der Waals surface area contributed by atoms with Crippen molar-refractivity contribution in [2.75, 3.05) is 13.2 Å². The van der Waals surface area contributed by atoms with Crippen molar-refractivity contribution >= 4 is 6.47 Å². The molecule has 7 nitrogen and oxygen atoms in total. The molecule has 0 amide bonds. The van der Waals surface area contributed by atoms with Crippen LogP contribution in [0.4, 0.5) is 0 Å². The largest absolute Gasteiger partial charge is 0.508 e. The molecule has 1 heterocycles. The number of phenols is 1. The summed E-state index contributed by atoms with van der Waals surface area (Å²) in [5, 5.41) is 27.9. The van der Waals surface area contributed by atoms with Gasteiger partial charge < -0.3 is 24.8 Å². The van der Waals surface area contributed by atoms with E-state index in [1.54, 1.807) is 12.1 Å². The molecule has 0 radical (unpaired) electrons. The molecule has 3 N–H and O–H groups in total. The fourth-order valence-electron chi connectivity index (χ4n) is 4.32. The van der Waals surface area contributed by atoms with E-state index in [0.29, 0.717) is 19.6 Å². The van der Waals surface area contributed by atoms with Gasteiger partial charge in [-0.05, 0) is 70.2 Å². The van der Waals surface area contributed by atoms with E-state index in [1.807, 2.05) is 33.8 Å². The molecule has 0 saturated heterocycles. The highest BCUT2D eigenvalue weighted by molar-refractivity contribution is 5.52. The van der Waals surface area contributed by atoms with E-state index in [0.717, 1.165) is 59.5 Å². The van der Waals surface area contributed by atoms with E-state index in [9.17, 15) is 10.2 Å². The summed E-state index contributed by atoms with van der Waals surface area (Å²) in [6.07, 6.45) is 4.81. The summed E-state index contributed by atoms with van der Waals surface area (Å²) in [6.45, 7) is 8.99. The molecule has 1 fully saturated rings. The molecule has 2 unspecified atom stereocenters. The minimum atomic E-state index is -0.250. The second kappa shape index (κ2) is 12.3. The van der Waals surface area contributed by atoms with E-state index in [2.05, 4.69) is 0 Å². The van der Waals surface area contributed by atoms with Gasteiger partial charge in [0.1, 0.15) is 17.2 Å². The summed E-state index contributed by atoms with van der Waals surface area (Å²) in [4.78, 5) is 13.2. The van der Waals surface area contributed by atoms with Gasteiger partial charge in [-0.3, -0.25) is 9.78 Å². The van der Waals surface area contributed by atoms with Crippen LogP contribution in [0.3, 0.4) is 0 Å².